The Balaban J connectivity index is 1.91. The second kappa shape index (κ2) is 7.21. The Bertz CT molecular complexity index is 1180. The van der Waals surface area contributed by atoms with Crippen LogP contribution in [0.3, 0.4) is 0 Å². The highest BCUT2D eigenvalue weighted by molar-refractivity contribution is 7.25. The van der Waals surface area contributed by atoms with Gasteiger partial charge in [-0.25, -0.2) is 9.97 Å². The molecule has 4 rings (SSSR count). The van der Waals surface area contributed by atoms with Gasteiger partial charge in [-0.3, -0.25) is 9.36 Å². The van der Waals surface area contributed by atoms with Gasteiger partial charge in [0.2, 0.25) is 0 Å². The fourth-order valence-corrected chi connectivity index (χ4v) is 4.58. The van der Waals surface area contributed by atoms with Gasteiger partial charge >= 0.3 is 0 Å². The molecule has 1 aromatic carbocycles. The van der Waals surface area contributed by atoms with Gasteiger partial charge in [0.05, 0.1) is 11.2 Å². The first kappa shape index (κ1) is 17.8. The summed E-state index contributed by atoms with van der Waals surface area (Å²) in [5, 5.41) is 0.990. The molecule has 4 aromatic rings. The molecular formula is C21H22N4OS. The molecule has 2 N–H and O–H groups in total. The first-order valence-corrected chi connectivity index (χ1v) is 9.98. The molecule has 0 fully saturated rings. The fourth-order valence-electron chi connectivity index (χ4n) is 3.44. The molecule has 0 atom stereocenters. The maximum atomic E-state index is 13.1. The number of aromatic nitrogens is 3. The number of nitrogens with zero attached hydrogens (tertiary/aromatic N) is 3. The van der Waals surface area contributed by atoms with Crippen molar-refractivity contribution < 1.29 is 0 Å². The van der Waals surface area contributed by atoms with Crippen molar-refractivity contribution >= 4 is 31.8 Å². The number of benzene rings is 1. The maximum absolute atomic E-state index is 13.1. The molecule has 6 heteroatoms. The van der Waals surface area contributed by atoms with Crippen LogP contribution in [0.5, 0.6) is 0 Å². The van der Waals surface area contributed by atoms with Crippen molar-refractivity contribution in [1.82, 2.24) is 14.5 Å². The molecule has 0 aliphatic carbocycles. The summed E-state index contributed by atoms with van der Waals surface area (Å²) < 4.78 is 2.45. The van der Waals surface area contributed by atoms with E-state index in [0.29, 0.717) is 17.8 Å². The van der Waals surface area contributed by atoms with Crippen molar-refractivity contribution in [1.29, 1.82) is 0 Å². The van der Waals surface area contributed by atoms with Gasteiger partial charge in [0.15, 0.2) is 0 Å². The summed E-state index contributed by atoms with van der Waals surface area (Å²) in [4.78, 5) is 23.5. The van der Waals surface area contributed by atoms with Crippen LogP contribution in [0.25, 0.3) is 31.7 Å². The van der Waals surface area contributed by atoms with E-state index in [9.17, 15) is 4.79 Å². The van der Waals surface area contributed by atoms with Gasteiger partial charge in [-0.15, -0.1) is 11.3 Å². The number of rotatable bonds is 5. The molecule has 0 spiro atoms. The Kier molecular flexibility index (Phi) is 4.76. The van der Waals surface area contributed by atoms with E-state index in [0.717, 1.165) is 51.2 Å². The summed E-state index contributed by atoms with van der Waals surface area (Å²) >= 11 is 1.44. The van der Waals surface area contributed by atoms with Crippen LogP contribution < -0.4 is 11.3 Å². The molecule has 0 aliphatic heterocycles. The predicted molar refractivity (Wildman–Crippen MR) is 112 cm³/mol. The summed E-state index contributed by atoms with van der Waals surface area (Å²) in [6.45, 7) is 5.25. The zero-order valence-electron chi connectivity index (χ0n) is 15.5. The number of pyridine rings is 1. The molecule has 0 radical (unpaired) electrons. The first-order chi connectivity index (χ1) is 13.1. The number of hydrogen-bond acceptors (Lipinski definition) is 5. The highest BCUT2D eigenvalue weighted by Gasteiger charge is 2.17. The smallest absolute Gasteiger partial charge is 0.271 e. The number of fused-ring (bicyclic) bond motifs is 3. The molecule has 3 aromatic heterocycles. The van der Waals surface area contributed by atoms with E-state index in [4.69, 9.17) is 15.7 Å². The van der Waals surface area contributed by atoms with E-state index in [1.54, 1.807) is 4.57 Å². The lowest BCUT2D eigenvalue weighted by Crippen LogP contribution is -2.23. The third-order valence-corrected chi connectivity index (χ3v) is 5.90. The third kappa shape index (κ3) is 3.15. The van der Waals surface area contributed by atoms with E-state index in [-0.39, 0.29) is 5.56 Å². The molecule has 0 unspecified atom stereocenters. The van der Waals surface area contributed by atoms with Crippen LogP contribution in [0, 0.1) is 13.8 Å². The molecule has 5 nitrogen and oxygen atoms in total. The van der Waals surface area contributed by atoms with Crippen molar-refractivity contribution in [3.05, 3.63) is 58.1 Å². The van der Waals surface area contributed by atoms with Crippen LogP contribution >= 0.6 is 11.3 Å². The van der Waals surface area contributed by atoms with E-state index in [1.165, 1.54) is 11.3 Å². The van der Waals surface area contributed by atoms with Crippen molar-refractivity contribution in [3.8, 4) is 11.3 Å². The average molecular weight is 379 g/mol. The SMILES string of the molecule is Cc1cc(-c2ccccc2)nc2sc3c(=O)n(CCCCN)c(C)nc3c12. The van der Waals surface area contributed by atoms with Crippen LogP contribution in [-0.4, -0.2) is 21.1 Å². The topological polar surface area (TPSA) is 73.8 Å². The van der Waals surface area contributed by atoms with Crippen LogP contribution in [0.1, 0.15) is 24.2 Å². The van der Waals surface area contributed by atoms with Crippen LogP contribution in [0.2, 0.25) is 0 Å². The minimum absolute atomic E-state index is 0.0261. The van der Waals surface area contributed by atoms with Crippen molar-refractivity contribution in [2.45, 2.75) is 33.2 Å². The molecule has 0 saturated carbocycles. The second-order valence-corrected chi connectivity index (χ2v) is 7.76. The Labute approximate surface area is 161 Å². The largest absolute Gasteiger partial charge is 0.330 e. The Morgan fingerprint density at radius 3 is 2.63 bits per heavy atom. The Morgan fingerprint density at radius 1 is 1.11 bits per heavy atom. The minimum atomic E-state index is 0.0261. The predicted octanol–water partition coefficient (Wildman–Crippen LogP) is 4.03. The standard InChI is InChI=1S/C21H22N4OS/c1-13-12-16(15-8-4-3-5-9-15)24-20-17(13)18-19(27-20)21(26)25(14(2)23-18)11-7-6-10-22/h3-5,8-9,12H,6-7,10-11,22H2,1-2H3. The Morgan fingerprint density at radius 2 is 1.89 bits per heavy atom. The van der Waals surface area contributed by atoms with Crippen molar-refractivity contribution in [2.75, 3.05) is 6.54 Å². The summed E-state index contributed by atoms with van der Waals surface area (Å²) in [7, 11) is 0. The van der Waals surface area contributed by atoms with Gasteiger partial charge < -0.3 is 5.73 Å². The quantitative estimate of drug-likeness (QED) is 0.532. The van der Waals surface area contributed by atoms with Gasteiger partial charge in [0, 0.05) is 17.5 Å². The van der Waals surface area contributed by atoms with E-state index in [2.05, 4.69) is 13.0 Å². The number of aryl methyl sites for hydroxylation is 2. The molecule has 0 saturated heterocycles. The zero-order chi connectivity index (χ0) is 19.0. The molecule has 27 heavy (non-hydrogen) atoms. The highest BCUT2D eigenvalue weighted by Crippen LogP contribution is 2.34. The minimum Gasteiger partial charge on any atom is -0.330 e. The van der Waals surface area contributed by atoms with Crippen molar-refractivity contribution in [2.24, 2.45) is 5.73 Å². The van der Waals surface area contributed by atoms with Gasteiger partial charge in [0.1, 0.15) is 15.4 Å². The van der Waals surface area contributed by atoms with E-state index in [1.807, 2.05) is 37.3 Å². The monoisotopic (exact) mass is 378 g/mol. The lowest BCUT2D eigenvalue weighted by atomic mass is 10.1. The molecule has 138 valence electrons. The molecule has 0 amide bonds. The van der Waals surface area contributed by atoms with E-state index < -0.39 is 0 Å². The number of unbranched alkanes of at least 4 members (excludes halogenated alkanes) is 1. The highest BCUT2D eigenvalue weighted by atomic mass is 32.1. The van der Waals surface area contributed by atoms with Crippen molar-refractivity contribution in [3.63, 3.8) is 0 Å². The second-order valence-electron chi connectivity index (χ2n) is 6.76. The molecule has 0 aliphatic rings. The third-order valence-electron chi connectivity index (χ3n) is 4.84. The average Bonchev–Trinajstić information content (AvgIpc) is 3.04. The van der Waals surface area contributed by atoms with Crippen LogP contribution in [0.15, 0.2) is 41.2 Å². The summed E-state index contributed by atoms with van der Waals surface area (Å²) in [5.41, 5.74) is 9.47. The molecule has 3 heterocycles. The van der Waals surface area contributed by atoms with Gasteiger partial charge in [-0.1, -0.05) is 30.3 Å². The molecular weight excluding hydrogens is 356 g/mol. The summed E-state index contributed by atoms with van der Waals surface area (Å²) in [6.07, 6.45) is 1.78. The lowest BCUT2D eigenvalue weighted by molar-refractivity contribution is 0.580. The van der Waals surface area contributed by atoms with E-state index >= 15 is 0 Å². The lowest BCUT2D eigenvalue weighted by Gasteiger charge is -2.09. The van der Waals surface area contributed by atoms with Crippen LogP contribution in [-0.2, 0) is 6.54 Å². The van der Waals surface area contributed by atoms with Gasteiger partial charge in [0.25, 0.3) is 5.56 Å². The zero-order valence-corrected chi connectivity index (χ0v) is 16.3. The maximum Gasteiger partial charge on any atom is 0.271 e. The Hall–Kier alpha value is -2.57. The fraction of sp³-hybridized carbons (Fsp3) is 0.286. The number of nitrogens with two attached hydrogens (primary N) is 1. The summed E-state index contributed by atoms with van der Waals surface area (Å²) in [6, 6.07) is 12.2. The number of thiophene rings is 1. The van der Waals surface area contributed by atoms with Gasteiger partial charge in [-0.05, 0) is 44.9 Å². The molecule has 0 bridgehead atoms. The normalized spacial score (nSPS) is 11.5. The summed E-state index contributed by atoms with van der Waals surface area (Å²) in [5.74, 6) is 0.746. The number of hydrogen-bond donors (Lipinski definition) is 1. The van der Waals surface area contributed by atoms with Gasteiger partial charge in [-0.2, -0.15) is 0 Å². The first-order valence-electron chi connectivity index (χ1n) is 9.17. The van der Waals surface area contributed by atoms with Crippen LogP contribution in [0.4, 0.5) is 0 Å².